The molecule has 0 aromatic carbocycles. The van der Waals surface area contributed by atoms with Gasteiger partial charge in [-0.3, -0.25) is 0 Å². The fourth-order valence-corrected chi connectivity index (χ4v) is 3.17. The van der Waals surface area contributed by atoms with Crippen LogP contribution < -0.4 is 0 Å². The van der Waals surface area contributed by atoms with Crippen LogP contribution in [0.3, 0.4) is 0 Å². The predicted molar refractivity (Wildman–Crippen MR) is 46.2 cm³/mol. The molecule has 0 spiro atoms. The zero-order valence-corrected chi connectivity index (χ0v) is 7.60. The molecule has 1 aliphatic heterocycles. The van der Waals surface area contributed by atoms with E-state index >= 15 is 0 Å². The van der Waals surface area contributed by atoms with Crippen LogP contribution in [0.4, 0.5) is 0 Å². The van der Waals surface area contributed by atoms with Crippen molar-refractivity contribution < 1.29 is 13.5 Å². The van der Waals surface area contributed by atoms with Crippen molar-refractivity contribution in [1.29, 1.82) is 0 Å². The summed E-state index contributed by atoms with van der Waals surface area (Å²) in [6.07, 6.45) is 1.32. The lowest BCUT2D eigenvalue weighted by Gasteiger charge is -1.98. The molecule has 1 atom stereocenters. The van der Waals surface area contributed by atoms with Gasteiger partial charge in [0.15, 0.2) is 9.84 Å². The van der Waals surface area contributed by atoms with Crippen LogP contribution in [0.15, 0.2) is 0 Å². The lowest BCUT2D eigenvalue weighted by Crippen LogP contribution is -2.03. The van der Waals surface area contributed by atoms with Gasteiger partial charge in [-0.1, -0.05) is 5.92 Å². The van der Waals surface area contributed by atoms with Gasteiger partial charge < -0.3 is 5.11 Å². The average Bonchev–Trinajstić information content (AvgIpc) is 2.31. The number of hydrogen-bond acceptors (Lipinski definition) is 3. The normalized spacial score (nSPS) is 26.2. The summed E-state index contributed by atoms with van der Waals surface area (Å²) in [5, 5.41) is 8.35. The van der Waals surface area contributed by atoms with Gasteiger partial charge >= 0.3 is 0 Å². The van der Waals surface area contributed by atoms with Gasteiger partial charge in [-0.15, -0.1) is 5.92 Å². The van der Waals surface area contributed by atoms with Crippen LogP contribution in [0.2, 0.25) is 0 Å². The molecule has 1 heterocycles. The Balaban J connectivity index is 2.39. The van der Waals surface area contributed by atoms with E-state index in [0.717, 1.165) is 6.42 Å². The van der Waals surface area contributed by atoms with Crippen molar-refractivity contribution in [3.63, 3.8) is 0 Å². The summed E-state index contributed by atoms with van der Waals surface area (Å²) in [7, 11) is -2.76. The maximum atomic E-state index is 11.0. The maximum absolute atomic E-state index is 11.0. The molecule has 1 aliphatic rings. The molecule has 0 radical (unpaired) electrons. The minimum atomic E-state index is -2.76. The lowest BCUT2D eigenvalue weighted by molar-refractivity contribution is 0.350. The second kappa shape index (κ2) is 3.92. The summed E-state index contributed by atoms with van der Waals surface area (Å²) in [6.45, 7) is -0.139. The molecule has 3 nitrogen and oxygen atoms in total. The van der Waals surface area contributed by atoms with Crippen molar-refractivity contribution in [2.24, 2.45) is 5.92 Å². The number of hydrogen-bond donors (Lipinski definition) is 1. The molecule has 0 bridgehead atoms. The van der Waals surface area contributed by atoms with Crippen molar-refractivity contribution in [2.45, 2.75) is 12.8 Å². The highest BCUT2D eigenvalue weighted by atomic mass is 32.2. The number of aliphatic hydroxyl groups is 1. The Kier molecular flexibility index (Phi) is 3.12. The first kappa shape index (κ1) is 9.56. The van der Waals surface area contributed by atoms with Crippen molar-refractivity contribution >= 4 is 9.84 Å². The highest BCUT2D eigenvalue weighted by Crippen LogP contribution is 2.20. The average molecular weight is 188 g/mol. The Morgan fingerprint density at radius 3 is 2.67 bits per heavy atom. The highest BCUT2D eigenvalue weighted by molar-refractivity contribution is 7.91. The summed E-state index contributed by atoms with van der Waals surface area (Å²) < 4.78 is 22.0. The molecule has 1 rings (SSSR count). The molecular weight excluding hydrogens is 176 g/mol. The topological polar surface area (TPSA) is 54.4 Å². The zero-order valence-electron chi connectivity index (χ0n) is 6.78. The SMILES string of the molecule is O=S1(=O)CCC(CC#CCO)C1. The summed E-state index contributed by atoms with van der Waals surface area (Å²) >= 11 is 0. The highest BCUT2D eigenvalue weighted by Gasteiger charge is 2.26. The van der Waals surface area contributed by atoms with Crippen molar-refractivity contribution in [1.82, 2.24) is 0 Å². The van der Waals surface area contributed by atoms with E-state index in [1.807, 2.05) is 0 Å². The van der Waals surface area contributed by atoms with Gasteiger partial charge in [0.2, 0.25) is 0 Å². The van der Waals surface area contributed by atoms with E-state index in [-0.39, 0.29) is 18.3 Å². The van der Waals surface area contributed by atoms with E-state index in [0.29, 0.717) is 12.2 Å². The second-order valence-corrected chi connectivity index (χ2v) is 5.21. The molecule has 4 heteroatoms. The van der Waals surface area contributed by atoms with Gasteiger partial charge in [0.1, 0.15) is 6.61 Å². The van der Waals surface area contributed by atoms with E-state index in [9.17, 15) is 8.42 Å². The van der Waals surface area contributed by atoms with Gasteiger partial charge in [0.05, 0.1) is 11.5 Å². The van der Waals surface area contributed by atoms with Crippen molar-refractivity contribution in [3.05, 3.63) is 0 Å². The molecule has 1 fully saturated rings. The van der Waals surface area contributed by atoms with Crippen LogP contribution in [0, 0.1) is 17.8 Å². The first-order valence-corrected chi connectivity index (χ1v) is 5.73. The van der Waals surface area contributed by atoms with Crippen LogP contribution in [0.1, 0.15) is 12.8 Å². The molecule has 0 aromatic heterocycles. The van der Waals surface area contributed by atoms with Gasteiger partial charge in [0, 0.05) is 6.42 Å². The van der Waals surface area contributed by atoms with Crippen LogP contribution in [0.5, 0.6) is 0 Å². The molecule has 1 saturated heterocycles. The largest absolute Gasteiger partial charge is 0.384 e. The third-order valence-electron chi connectivity index (χ3n) is 1.92. The molecule has 1 unspecified atom stereocenters. The number of rotatable bonds is 1. The van der Waals surface area contributed by atoms with Gasteiger partial charge in [-0.2, -0.15) is 0 Å². The summed E-state index contributed by atoms with van der Waals surface area (Å²) in [5.74, 6) is 6.03. The molecule has 12 heavy (non-hydrogen) atoms. The Morgan fingerprint density at radius 2 is 2.17 bits per heavy atom. The minimum Gasteiger partial charge on any atom is -0.384 e. The standard InChI is InChI=1S/C8H12O3S/c9-5-2-1-3-8-4-6-12(10,11)7-8/h8-9H,3-7H2. The zero-order chi connectivity index (χ0) is 9.03. The minimum absolute atomic E-state index is 0.139. The van der Waals surface area contributed by atoms with Gasteiger partial charge in [-0.25, -0.2) is 8.42 Å². The molecule has 1 N–H and O–H groups in total. The predicted octanol–water partition coefficient (Wildman–Crippen LogP) is -0.193. The number of aliphatic hydroxyl groups excluding tert-OH is 1. The third-order valence-corrected chi connectivity index (χ3v) is 3.76. The monoisotopic (exact) mass is 188 g/mol. The molecule has 0 amide bonds. The Morgan fingerprint density at radius 1 is 1.42 bits per heavy atom. The fraction of sp³-hybridized carbons (Fsp3) is 0.750. The lowest BCUT2D eigenvalue weighted by atomic mass is 10.1. The van der Waals surface area contributed by atoms with Crippen molar-refractivity contribution in [2.75, 3.05) is 18.1 Å². The summed E-state index contributed by atoms with van der Waals surface area (Å²) in [5.41, 5.74) is 0. The second-order valence-electron chi connectivity index (χ2n) is 2.98. The molecular formula is C8H12O3S. The molecule has 0 saturated carbocycles. The van der Waals surface area contributed by atoms with Crippen LogP contribution in [0.25, 0.3) is 0 Å². The molecule has 0 aliphatic carbocycles. The van der Waals surface area contributed by atoms with E-state index in [2.05, 4.69) is 11.8 Å². The van der Waals surface area contributed by atoms with Crippen LogP contribution >= 0.6 is 0 Å². The first-order valence-electron chi connectivity index (χ1n) is 3.91. The molecule has 0 aromatic rings. The summed E-state index contributed by atoms with van der Waals surface area (Å²) in [6, 6.07) is 0. The quantitative estimate of drug-likeness (QED) is 0.580. The first-order chi connectivity index (χ1) is 5.64. The summed E-state index contributed by atoms with van der Waals surface area (Å²) in [4.78, 5) is 0. The third kappa shape index (κ3) is 2.84. The van der Waals surface area contributed by atoms with E-state index in [4.69, 9.17) is 5.11 Å². The van der Waals surface area contributed by atoms with Crippen LogP contribution in [-0.4, -0.2) is 31.6 Å². The molecule has 68 valence electrons. The van der Waals surface area contributed by atoms with Gasteiger partial charge in [0.25, 0.3) is 0 Å². The fourth-order valence-electron chi connectivity index (χ4n) is 1.31. The van der Waals surface area contributed by atoms with E-state index < -0.39 is 9.84 Å². The number of sulfone groups is 1. The van der Waals surface area contributed by atoms with Crippen molar-refractivity contribution in [3.8, 4) is 11.8 Å². The smallest absolute Gasteiger partial charge is 0.150 e. The maximum Gasteiger partial charge on any atom is 0.150 e. The Bertz CT molecular complexity index is 294. The Labute approximate surface area is 72.7 Å². The van der Waals surface area contributed by atoms with Gasteiger partial charge in [-0.05, 0) is 12.3 Å². The van der Waals surface area contributed by atoms with E-state index in [1.165, 1.54) is 0 Å². The van der Waals surface area contributed by atoms with E-state index in [1.54, 1.807) is 0 Å². The van der Waals surface area contributed by atoms with Crippen LogP contribution in [-0.2, 0) is 9.84 Å². The Hall–Kier alpha value is -0.530.